The molecule has 0 saturated heterocycles. The molecule has 0 fully saturated rings. The second-order valence-corrected chi connectivity index (χ2v) is 8.30. The number of azo groups is 1. The van der Waals surface area contributed by atoms with Gasteiger partial charge in [-0.1, -0.05) is 30.4 Å². The summed E-state index contributed by atoms with van der Waals surface area (Å²) in [6, 6.07) is 25.1. The number of allylic oxidation sites excluding steroid dienone is 5. The molecule has 0 aromatic heterocycles. The van der Waals surface area contributed by atoms with E-state index in [1.54, 1.807) is 12.2 Å². The highest BCUT2D eigenvalue weighted by atomic mass is 16.6. The Hall–Kier alpha value is -4.83. The minimum atomic E-state index is -0.100. The number of aryl methyl sites for hydroxylation is 1. The lowest BCUT2D eigenvalue weighted by atomic mass is 10.1. The van der Waals surface area contributed by atoms with Crippen molar-refractivity contribution >= 4 is 17.1 Å². The van der Waals surface area contributed by atoms with Gasteiger partial charge in [-0.05, 0) is 79.2 Å². The third kappa shape index (κ3) is 7.33. The second-order valence-electron chi connectivity index (χ2n) is 8.30. The Balaban J connectivity index is 1.38. The van der Waals surface area contributed by atoms with Crippen LogP contribution in [0.3, 0.4) is 0 Å². The quantitative estimate of drug-likeness (QED) is 0.217. The molecule has 0 unspecified atom stereocenters. The molecule has 4 rings (SSSR count). The van der Waals surface area contributed by atoms with Gasteiger partial charge in [-0.25, -0.2) is 0 Å². The number of nitriles is 1. The zero-order valence-electron chi connectivity index (χ0n) is 20.6. The van der Waals surface area contributed by atoms with E-state index >= 15 is 0 Å². The molecule has 1 aliphatic carbocycles. The van der Waals surface area contributed by atoms with Crippen LogP contribution in [0.2, 0.25) is 0 Å². The van der Waals surface area contributed by atoms with E-state index in [1.807, 2.05) is 91.9 Å². The summed E-state index contributed by atoms with van der Waals surface area (Å²) in [5.74, 6) is 1.41. The van der Waals surface area contributed by atoms with Crippen molar-refractivity contribution in [2.45, 2.75) is 13.3 Å². The fraction of sp³-hybridized carbons (Fsp3) is 0.167. The number of hydrogen-bond donors (Lipinski definition) is 1. The van der Waals surface area contributed by atoms with Crippen molar-refractivity contribution in [1.82, 2.24) is 0 Å². The minimum absolute atomic E-state index is 0.100. The van der Waals surface area contributed by atoms with Crippen LogP contribution in [0.15, 0.2) is 119 Å². The van der Waals surface area contributed by atoms with Gasteiger partial charge in [0.05, 0.1) is 36.0 Å². The SMILES string of the molecule is Cc1cc(N(CCC#N)CCOC(O)=C2C=CC=C2)ccc1N=Nc1ccc(Oc2ccccc2)cc1. The summed E-state index contributed by atoms with van der Waals surface area (Å²) in [7, 11) is 0. The van der Waals surface area contributed by atoms with Crippen molar-refractivity contribution < 1.29 is 14.6 Å². The Morgan fingerprint density at radius 1 is 0.919 bits per heavy atom. The number of benzene rings is 3. The predicted octanol–water partition coefficient (Wildman–Crippen LogP) is 7.84. The Kier molecular flexibility index (Phi) is 8.71. The molecule has 0 aliphatic heterocycles. The number of rotatable bonds is 11. The molecular weight excluding hydrogens is 464 g/mol. The average Bonchev–Trinajstić information content (AvgIpc) is 3.47. The predicted molar refractivity (Wildman–Crippen MR) is 145 cm³/mol. The molecule has 3 aromatic rings. The lowest BCUT2D eigenvalue weighted by Gasteiger charge is -2.24. The maximum absolute atomic E-state index is 10.1. The van der Waals surface area contributed by atoms with Crippen LogP contribution in [0.4, 0.5) is 17.1 Å². The number of nitrogens with zero attached hydrogens (tertiary/aromatic N) is 4. The molecule has 1 N–H and O–H groups in total. The molecule has 1 aliphatic rings. The smallest absolute Gasteiger partial charge is 0.284 e. The van der Waals surface area contributed by atoms with Gasteiger partial charge in [-0.3, -0.25) is 0 Å². The Labute approximate surface area is 216 Å². The molecule has 3 aromatic carbocycles. The van der Waals surface area contributed by atoms with Crippen LogP contribution in [-0.4, -0.2) is 24.8 Å². The summed E-state index contributed by atoms with van der Waals surface area (Å²) in [5, 5.41) is 27.9. The van der Waals surface area contributed by atoms with Crippen LogP contribution in [0.25, 0.3) is 0 Å². The van der Waals surface area contributed by atoms with Crippen molar-refractivity contribution in [3.05, 3.63) is 114 Å². The summed E-state index contributed by atoms with van der Waals surface area (Å²) in [6.07, 6.45) is 7.62. The number of aliphatic hydroxyl groups excluding tert-OH is 1. The molecule has 7 nitrogen and oxygen atoms in total. The number of ether oxygens (including phenoxy) is 2. The molecule has 0 radical (unpaired) electrons. The largest absolute Gasteiger partial charge is 0.481 e. The van der Waals surface area contributed by atoms with Crippen molar-refractivity contribution in [1.29, 1.82) is 5.26 Å². The number of aliphatic hydroxyl groups is 1. The molecule has 0 saturated carbocycles. The summed E-state index contributed by atoms with van der Waals surface area (Å²) in [6.45, 7) is 3.33. The van der Waals surface area contributed by atoms with E-state index in [0.29, 0.717) is 25.1 Å². The Morgan fingerprint density at radius 2 is 1.65 bits per heavy atom. The first kappa shape index (κ1) is 25.3. The Morgan fingerprint density at radius 3 is 2.35 bits per heavy atom. The van der Waals surface area contributed by atoms with E-state index in [1.165, 1.54) is 0 Å². The zero-order valence-corrected chi connectivity index (χ0v) is 20.6. The van der Waals surface area contributed by atoms with Crippen molar-refractivity contribution in [2.24, 2.45) is 10.2 Å². The standard InChI is InChI=1S/C30H28N4O3/c1-23-22-26(34(19-7-18-31)20-21-36-30(35)24-8-5-6-9-24)14-17-29(23)33-32-25-12-15-28(16-13-25)37-27-10-3-2-4-11-27/h2-6,8-17,22,35H,7,19-21H2,1H3. The van der Waals surface area contributed by atoms with E-state index in [4.69, 9.17) is 14.7 Å². The van der Waals surface area contributed by atoms with Crippen LogP contribution in [0.1, 0.15) is 12.0 Å². The van der Waals surface area contributed by atoms with E-state index in [9.17, 15) is 5.11 Å². The highest BCUT2D eigenvalue weighted by Crippen LogP contribution is 2.28. The highest BCUT2D eigenvalue weighted by molar-refractivity contribution is 5.58. The van der Waals surface area contributed by atoms with Gasteiger partial charge < -0.3 is 19.5 Å². The van der Waals surface area contributed by atoms with E-state index in [0.717, 1.165) is 34.1 Å². The van der Waals surface area contributed by atoms with Gasteiger partial charge in [0.1, 0.15) is 18.1 Å². The van der Waals surface area contributed by atoms with Crippen molar-refractivity contribution in [2.75, 3.05) is 24.6 Å². The van der Waals surface area contributed by atoms with Gasteiger partial charge in [0, 0.05) is 12.2 Å². The van der Waals surface area contributed by atoms with E-state index in [2.05, 4.69) is 21.2 Å². The van der Waals surface area contributed by atoms with Crippen LogP contribution in [-0.2, 0) is 4.74 Å². The molecule has 0 bridgehead atoms. The van der Waals surface area contributed by atoms with Crippen molar-refractivity contribution in [3.63, 3.8) is 0 Å². The number of hydrogen-bond acceptors (Lipinski definition) is 7. The molecule has 7 heteroatoms. The first-order valence-electron chi connectivity index (χ1n) is 12.0. The first-order valence-corrected chi connectivity index (χ1v) is 12.0. The summed E-state index contributed by atoms with van der Waals surface area (Å²) in [4.78, 5) is 2.06. The fourth-order valence-electron chi connectivity index (χ4n) is 3.67. The highest BCUT2D eigenvalue weighted by Gasteiger charge is 2.10. The van der Waals surface area contributed by atoms with Gasteiger partial charge in [0.25, 0.3) is 5.95 Å². The van der Waals surface area contributed by atoms with Gasteiger partial charge in [-0.15, -0.1) is 0 Å². The summed E-state index contributed by atoms with van der Waals surface area (Å²) >= 11 is 0. The van der Waals surface area contributed by atoms with Gasteiger partial charge in [-0.2, -0.15) is 15.5 Å². The third-order valence-electron chi connectivity index (χ3n) is 5.64. The maximum Gasteiger partial charge on any atom is 0.284 e. The topological polar surface area (TPSA) is 90.4 Å². The second kappa shape index (κ2) is 12.8. The van der Waals surface area contributed by atoms with Crippen LogP contribution in [0.5, 0.6) is 11.5 Å². The fourth-order valence-corrected chi connectivity index (χ4v) is 3.67. The molecule has 0 atom stereocenters. The average molecular weight is 493 g/mol. The number of anilines is 1. The van der Waals surface area contributed by atoms with E-state index in [-0.39, 0.29) is 12.6 Å². The van der Waals surface area contributed by atoms with Crippen LogP contribution < -0.4 is 9.64 Å². The third-order valence-corrected chi connectivity index (χ3v) is 5.64. The monoisotopic (exact) mass is 492 g/mol. The van der Waals surface area contributed by atoms with Gasteiger partial charge in [0.15, 0.2) is 0 Å². The molecule has 0 spiro atoms. The van der Waals surface area contributed by atoms with Gasteiger partial charge >= 0.3 is 0 Å². The summed E-state index contributed by atoms with van der Waals surface area (Å²) in [5.41, 5.74) is 4.03. The van der Waals surface area contributed by atoms with Crippen LogP contribution in [0, 0.1) is 18.3 Å². The Bertz CT molecular complexity index is 1340. The lowest BCUT2D eigenvalue weighted by molar-refractivity contribution is 0.0954. The summed E-state index contributed by atoms with van der Waals surface area (Å²) < 4.78 is 11.3. The zero-order chi connectivity index (χ0) is 25.9. The normalized spacial score (nSPS) is 12.1. The molecule has 0 amide bonds. The molecule has 0 heterocycles. The lowest BCUT2D eigenvalue weighted by Crippen LogP contribution is -2.28. The van der Waals surface area contributed by atoms with E-state index < -0.39 is 0 Å². The molecule has 37 heavy (non-hydrogen) atoms. The number of para-hydroxylation sites is 1. The maximum atomic E-state index is 10.1. The first-order chi connectivity index (χ1) is 18.1. The molecular formula is C30H28N4O3. The molecule has 186 valence electrons. The van der Waals surface area contributed by atoms with Crippen molar-refractivity contribution in [3.8, 4) is 17.6 Å². The van der Waals surface area contributed by atoms with Gasteiger partial charge in [0.2, 0.25) is 0 Å². The van der Waals surface area contributed by atoms with Crippen LogP contribution >= 0.6 is 0 Å². The minimum Gasteiger partial charge on any atom is -0.481 e.